The highest BCUT2D eigenvalue weighted by molar-refractivity contribution is 6.33. The van der Waals surface area contributed by atoms with Gasteiger partial charge in [0.2, 0.25) is 0 Å². The lowest BCUT2D eigenvalue weighted by molar-refractivity contribution is 0.577. The Labute approximate surface area is 114 Å². The Hall–Kier alpha value is -1.31. The molecule has 94 valence electrons. The van der Waals surface area contributed by atoms with E-state index >= 15 is 0 Å². The van der Waals surface area contributed by atoms with Crippen LogP contribution in [0.3, 0.4) is 0 Å². The van der Waals surface area contributed by atoms with Crippen molar-refractivity contribution < 1.29 is 0 Å². The number of hydrogen-bond acceptors (Lipinski definition) is 1. The van der Waals surface area contributed by atoms with Crippen molar-refractivity contribution in [2.24, 2.45) is 0 Å². The van der Waals surface area contributed by atoms with E-state index in [4.69, 9.17) is 11.6 Å². The van der Waals surface area contributed by atoms with Gasteiger partial charge in [-0.15, -0.1) is 0 Å². The summed E-state index contributed by atoms with van der Waals surface area (Å²) in [6, 6.07) is 16.9. The molecule has 2 aromatic rings. The van der Waals surface area contributed by atoms with Crippen molar-refractivity contribution in [3.05, 3.63) is 59.1 Å². The second-order valence-electron chi connectivity index (χ2n) is 4.35. The summed E-state index contributed by atoms with van der Waals surface area (Å²) in [6.45, 7) is 2.18. The minimum Gasteiger partial charge on any atom is -0.313 e. The number of hydrogen-bond donors (Lipinski definition) is 1. The van der Waals surface area contributed by atoms with Crippen molar-refractivity contribution >= 4 is 11.6 Å². The van der Waals surface area contributed by atoms with Crippen molar-refractivity contribution in [2.45, 2.75) is 19.4 Å². The van der Waals surface area contributed by atoms with Crippen LogP contribution in [0, 0.1) is 0 Å². The molecule has 0 aliphatic heterocycles. The van der Waals surface area contributed by atoms with E-state index in [1.807, 2.05) is 25.2 Å². The second-order valence-corrected chi connectivity index (χ2v) is 4.76. The topological polar surface area (TPSA) is 12.0 Å². The average molecular weight is 260 g/mol. The lowest BCUT2D eigenvalue weighted by atomic mass is 9.98. The third-order valence-electron chi connectivity index (χ3n) is 3.23. The van der Waals surface area contributed by atoms with E-state index in [0.717, 1.165) is 17.0 Å². The fourth-order valence-corrected chi connectivity index (χ4v) is 2.47. The maximum Gasteiger partial charge on any atom is 0.0484 e. The van der Waals surface area contributed by atoms with Crippen LogP contribution in [-0.4, -0.2) is 7.05 Å². The normalized spacial score (nSPS) is 12.4. The average Bonchev–Trinajstić information content (AvgIpc) is 2.41. The standard InChI is InChI=1S/C16H18ClN/c1-3-16(18-2)13-8-6-7-12(11-13)14-9-4-5-10-15(14)17/h4-11,16,18H,3H2,1-2H3. The summed E-state index contributed by atoms with van der Waals surface area (Å²) in [6.07, 6.45) is 1.07. The molecule has 1 atom stereocenters. The van der Waals surface area contributed by atoms with E-state index in [1.54, 1.807) is 0 Å². The van der Waals surface area contributed by atoms with Gasteiger partial charge in [-0.1, -0.05) is 54.9 Å². The first-order valence-corrected chi connectivity index (χ1v) is 6.66. The van der Waals surface area contributed by atoms with Crippen LogP contribution in [-0.2, 0) is 0 Å². The van der Waals surface area contributed by atoms with Crippen LogP contribution in [0.15, 0.2) is 48.5 Å². The Morgan fingerprint density at radius 2 is 1.89 bits per heavy atom. The van der Waals surface area contributed by atoms with Gasteiger partial charge in [0.15, 0.2) is 0 Å². The van der Waals surface area contributed by atoms with E-state index < -0.39 is 0 Å². The van der Waals surface area contributed by atoms with Gasteiger partial charge in [-0.3, -0.25) is 0 Å². The molecule has 2 heteroatoms. The van der Waals surface area contributed by atoms with E-state index in [-0.39, 0.29) is 0 Å². The summed E-state index contributed by atoms with van der Waals surface area (Å²) in [5, 5.41) is 4.13. The highest BCUT2D eigenvalue weighted by Crippen LogP contribution is 2.29. The van der Waals surface area contributed by atoms with E-state index in [9.17, 15) is 0 Å². The molecule has 0 amide bonds. The summed E-state index contributed by atoms with van der Waals surface area (Å²) in [7, 11) is 2.00. The Morgan fingerprint density at radius 3 is 2.56 bits per heavy atom. The fourth-order valence-electron chi connectivity index (χ4n) is 2.22. The minimum absolute atomic E-state index is 0.396. The van der Waals surface area contributed by atoms with Gasteiger partial charge in [-0.05, 0) is 36.7 Å². The molecule has 0 spiro atoms. The number of benzene rings is 2. The van der Waals surface area contributed by atoms with Crippen molar-refractivity contribution in [3.8, 4) is 11.1 Å². The number of rotatable bonds is 4. The molecular formula is C16H18ClN. The van der Waals surface area contributed by atoms with Gasteiger partial charge in [0.05, 0.1) is 0 Å². The highest BCUT2D eigenvalue weighted by Gasteiger charge is 2.08. The zero-order valence-corrected chi connectivity index (χ0v) is 11.5. The first kappa shape index (κ1) is 13.1. The molecule has 0 saturated carbocycles. The summed E-state index contributed by atoms with van der Waals surface area (Å²) < 4.78 is 0. The van der Waals surface area contributed by atoms with Crippen LogP contribution >= 0.6 is 11.6 Å². The van der Waals surface area contributed by atoms with Gasteiger partial charge in [0.1, 0.15) is 0 Å². The number of nitrogens with one attached hydrogen (secondary N) is 1. The maximum absolute atomic E-state index is 6.24. The molecule has 1 nitrogen and oxygen atoms in total. The van der Waals surface area contributed by atoms with Gasteiger partial charge in [-0.25, -0.2) is 0 Å². The Bertz CT molecular complexity index is 518. The zero-order chi connectivity index (χ0) is 13.0. The van der Waals surface area contributed by atoms with Gasteiger partial charge >= 0.3 is 0 Å². The smallest absolute Gasteiger partial charge is 0.0484 e. The predicted octanol–water partition coefficient (Wildman–Crippen LogP) is 4.68. The fraction of sp³-hybridized carbons (Fsp3) is 0.250. The summed E-state index contributed by atoms with van der Waals surface area (Å²) in [5.41, 5.74) is 3.57. The molecule has 0 radical (unpaired) electrons. The Morgan fingerprint density at radius 1 is 1.11 bits per heavy atom. The first-order valence-electron chi connectivity index (χ1n) is 6.28. The third-order valence-corrected chi connectivity index (χ3v) is 3.56. The van der Waals surface area contributed by atoms with Crippen LogP contribution < -0.4 is 5.32 Å². The molecule has 1 unspecified atom stereocenters. The van der Waals surface area contributed by atoms with E-state index in [0.29, 0.717) is 6.04 Å². The maximum atomic E-state index is 6.24. The summed E-state index contributed by atoms with van der Waals surface area (Å²) in [4.78, 5) is 0. The van der Waals surface area contributed by atoms with Crippen LogP contribution in [0.4, 0.5) is 0 Å². The lowest BCUT2D eigenvalue weighted by Gasteiger charge is -2.15. The quantitative estimate of drug-likeness (QED) is 0.841. The first-order chi connectivity index (χ1) is 8.76. The largest absolute Gasteiger partial charge is 0.313 e. The van der Waals surface area contributed by atoms with Crippen LogP contribution in [0.2, 0.25) is 5.02 Å². The Balaban J connectivity index is 2.42. The molecule has 1 N–H and O–H groups in total. The molecule has 0 saturated heterocycles. The van der Waals surface area contributed by atoms with Gasteiger partial charge in [-0.2, -0.15) is 0 Å². The second kappa shape index (κ2) is 6.03. The molecular weight excluding hydrogens is 242 g/mol. The van der Waals surface area contributed by atoms with Crippen molar-refractivity contribution in [1.82, 2.24) is 5.32 Å². The van der Waals surface area contributed by atoms with Gasteiger partial charge < -0.3 is 5.32 Å². The molecule has 2 rings (SSSR count). The van der Waals surface area contributed by atoms with E-state index in [1.165, 1.54) is 11.1 Å². The Kier molecular flexibility index (Phi) is 4.40. The molecule has 0 fully saturated rings. The van der Waals surface area contributed by atoms with Crippen molar-refractivity contribution in [1.29, 1.82) is 0 Å². The monoisotopic (exact) mass is 259 g/mol. The van der Waals surface area contributed by atoms with Crippen molar-refractivity contribution in [2.75, 3.05) is 7.05 Å². The summed E-state index contributed by atoms with van der Waals surface area (Å²) >= 11 is 6.24. The highest BCUT2D eigenvalue weighted by atomic mass is 35.5. The van der Waals surface area contributed by atoms with Crippen LogP contribution in [0.1, 0.15) is 24.9 Å². The summed E-state index contributed by atoms with van der Waals surface area (Å²) in [5.74, 6) is 0. The minimum atomic E-state index is 0.396. The molecule has 0 aliphatic carbocycles. The zero-order valence-electron chi connectivity index (χ0n) is 10.8. The van der Waals surface area contributed by atoms with E-state index in [2.05, 4.69) is 42.6 Å². The molecule has 2 aromatic carbocycles. The SMILES string of the molecule is CCC(NC)c1cccc(-c2ccccc2Cl)c1. The van der Waals surface area contributed by atoms with Crippen LogP contribution in [0.5, 0.6) is 0 Å². The molecule has 0 aromatic heterocycles. The molecule has 0 aliphatic rings. The molecule has 0 bridgehead atoms. The lowest BCUT2D eigenvalue weighted by Crippen LogP contribution is -2.15. The van der Waals surface area contributed by atoms with Crippen molar-refractivity contribution in [3.63, 3.8) is 0 Å². The number of halogens is 1. The molecule has 0 heterocycles. The predicted molar refractivity (Wildman–Crippen MR) is 79.0 cm³/mol. The molecule has 18 heavy (non-hydrogen) atoms. The van der Waals surface area contributed by atoms with Crippen LogP contribution in [0.25, 0.3) is 11.1 Å². The van der Waals surface area contributed by atoms with Gasteiger partial charge in [0.25, 0.3) is 0 Å². The van der Waals surface area contributed by atoms with Gasteiger partial charge in [0, 0.05) is 16.6 Å². The third kappa shape index (κ3) is 2.74.